The maximum absolute atomic E-state index is 14.2. The first-order chi connectivity index (χ1) is 14.7. The number of urea groups is 1. The molecule has 0 atom stereocenters. The van der Waals surface area contributed by atoms with Crippen LogP contribution in [0, 0.1) is 5.82 Å². The van der Waals surface area contributed by atoms with Crippen LogP contribution in [0.5, 0.6) is 0 Å². The molecule has 11 heteroatoms. The Morgan fingerprint density at radius 1 is 1.12 bits per heavy atom. The van der Waals surface area contributed by atoms with Crippen LogP contribution in [0.1, 0.15) is 30.5 Å². The Balaban J connectivity index is 2.17. The Morgan fingerprint density at radius 2 is 1.75 bits per heavy atom. The molecule has 0 heterocycles. The minimum atomic E-state index is -4.47. The van der Waals surface area contributed by atoms with E-state index in [-0.39, 0.29) is 28.6 Å². The lowest BCUT2D eigenvalue weighted by Crippen LogP contribution is -2.43. The summed E-state index contributed by atoms with van der Waals surface area (Å²) in [7, 11) is 3.09. The molecule has 2 rings (SSSR count). The average molecular weight is 472 g/mol. The van der Waals surface area contributed by atoms with Gasteiger partial charge in [0.15, 0.2) is 5.11 Å². The highest BCUT2D eigenvalue weighted by molar-refractivity contribution is 7.80. The molecule has 0 unspecified atom stereocenters. The molecule has 0 spiro atoms. The van der Waals surface area contributed by atoms with Crippen molar-refractivity contribution in [3.8, 4) is 0 Å². The lowest BCUT2D eigenvalue weighted by Gasteiger charge is -2.29. The summed E-state index contributed by atoms with van der Waals surface area (Å²) < 4.78 is 53.4. The van der Waals surface area contributed by atoms with Gasteiger partial charge in [0.1, 0.15) is 5.82 Å². The molecule has 0 saturated heterocycles. The van der Waals surface area contributed by atoms with Crippen LogP contribution in [-0.4, -0.2) is 30.1 Å². The normalized spacial score (nSPS) is 11.6. The molecular formula is C21H25F4N5OS. The third-order valence-electron chi connectivity index (χ3n) is 4.71. The first kappa shape index (κ1) is 25.2. The van der Waals surface area contributed by atoms with Gasteiger partial charge in [-0.05, 0) is 55.9 Å². The van der Waals surface area contributed by atoms with Gasteiger partial charge in [0.2, 0.25) is 0 Å². The van der Waals surface area contributed by atoms with E-state index < -0.39 is 29.1 Å². The van der Waals surface area contributed by atoms with Crippen LogP contribution >= 0.6 is 12.2 Å². The smallest absolute Gasteiger partial charge is 0.397 e. The van der Waals surface area contributed by atoms with Crippen molar-refractivity contribution in [2.24, 2.45) is 0 Å². The molecule has 2 aromatic carbocycles. The fraction of sp³-hybridized carbons (Fsp3) is 0.333. The second kappa shape index (κ2) is 9.60. The number of carbonyl (C=O) groups excluding carboxylic acids is 1. The zero-order valence-corrected chi connectivity index (χ0v) is 18.8. The number of carbonyl (C=O) groups is 1. The van der Waals surface area contributed by atoms with Crippen LogP contribution in [0.25, 0.3) is 0 Å². The fourth-order valence-electron chi connectivity index (χ4n) is 2.84. The molecule has 0 aromatic heterocycles. The number of hydrogen-bond acceptors (Lipinski definition) is 3. The maximum atomic E-state index is 14.2. The van der Waals surface area contributed by atoms with Crippen molar-refractivity contribution < 1.29 is 22.4 Å². The average Bonchev–Trinajstić information content (AvgIpc) is 2.69. The number of rotatable bonds is 5. The topological polar surface area (TPSA) is 82.4 Å². The molecule has 0 saturated carbocycles. The van der Waals surface area contributed by atoms with E-state index in [4.69, 9.17) is 18.0 Å². The van der Waals surface area contributed by atoms with Crippen LogP contribution in [-0.2, 0) is 18.3 Å². The van der Waals surface area contributed by atoms with Gasteiger partial charge in [0, 0.05) is 26.2 Å². The van der Waals surface area contributed by atoms with Gasteiger partial charge in [-0.2, -0.15) is 13.2 Å². The lowest BCUT2D eigenvalue weighted by molar-refractivity contribution is -0.137. The van der Waals surface area contributed by atoms with Crippen LogP contribution in [0.15, 0.2) is 36.4 Å². The highest BCUT2D eigenvalue weighted by atomic mass is 32.1. The van der Waals surface area contributed by atoms with E-state index in [1.807, 2.05) is 0 Å². The molecule has 32 heavy (non-hydrogen) atoms. The number of nitrogens with zero attached hydrogens (tertiary/aromatic N) is 1. The first-order valence-electron chi connectivity index (χ1n) is 9.51. The van der Waals surface area contributed by atoms with Crippen molar-refractivity contribution in [1.82, 2.24) is 15.5 Å². The van der Waals surface area contributed by atoms with Gasteiger partial charge >= 0.3 is 12.2 Å². The Labute approximate surface area is 189 Å². The summed E-state index contributed by atoms with van der Waals surface area (Å²) in [4.78, 5) is 13.0. The third-order valence-corrected chi connectivity index (χ3v) is 4.91. The number of hydrogen-bond donors (Lipinski definition) is 4. The number of amides is 2. The van der Waals surface area contributed by atoms with Crippen LogP contribution in [0.4, 0.5) is 33.7 Å². The summed E-state index contributed by atoms with van der Waals surface area (Å²) in [5, 5.41) is 8.41. The van der Waals surface area contributed by atoms with E-state index in [2.05, 4.69) is 16.0 Å². The molecule has 5 N–H and O–H groups in total. The molecule has 0 aliphatic carbocycles. The van der Waals surface area contributed by atoms with Gasteiger partial charge in [0.05, 0.1) is 22.5 Å². The summed E-state index contributed by atoms with van der Waals surface area (Å²) in [6.07, 6.45) is -4.47. The van der Waals surface area contributed by atoms with Gasteiger partial charge in [-0.25, -0.2) is 9.18 Å². The summed E-state index contributed by atoms with van der Waals surface area (Å²) in [6, 6.07) is 7.07. The van der Waals surface area contributed by atoms with Gasteiger partial charge in [-0.1, -0.05) is 12.1 Å². The summed E-state index contributed by atoms with van der Waals surface area (Å²) >= 11 is 5.30. The minimum Gasteiger partial charge on any atom is -0.397 e. The number of anilines is 2. The van der Waals surface area contributed by atoms with E-state index in [9.17, 15) is 22.4 Å². The summed E-state index contributed by atoms with van der Waals surface area (Å²) in [6.45, 7) is 3.21. The second-order valence-electron chi connectivity index (χ2n) is 7.82. The highest BCUT2D eigenvalue weighted by Crippen LogP contribution is 2.32. The monoisotopic (exact) mass is 471 g/mol. The molecule has 2 amide bonds. The maximum Gasteiger partial charge on any atom is 0.416 e. The summed E-state index contributed by atoms with van der Waals surface area (Å²) in [5.41, 5.74) is 5.12. The number of alkyl halides is 3. The number of nitrogens with one attached hydrogen (secondary N) is 3. The number of nitrogen functional groups attached to an aromatic ring is 1. The Hall–Kier alpha value is -3.08. The lowest BCUT2D eigenvalue weighted by atomic mass is 9.93. The Bertz CT molecular complexity index is 1010. The fourth-order valence-corrected chi connectivity index (χ4v) is 3.21. The molecule has 6 nitrogen and oxygen atoms in total. The second-order valence-corrected chi connectivity index (χ2v) is 8.23. The SMILES string of the molecule is CN(C)C(=O)NCc1c(F)ccc(NC(=S)NC(C)(C)c2cccc(C(F)(F)F)c2)c1N. The zero-order valence-electron chi connectivity index (χ0n) is 18.0. The van der Waals surface area contributed by atoms with Crippen molar-refractivity contribution in [1.29, 1.82) is 0 Å². The van der Waals surface area contributed by atoms with Crippen LogP contribution in [0.3, 0.4) is 0 Å². The standard InChI is InChI=1S/C21H25F4N5OS/c1-20(2,12-6-5-7-13(10-12)21(23,24)25)29-18(32)28-16-9-8-15(22)14(17(16)26)11-27-19(31)30(3)4/h5-10H,11,26H2,1-4H3,(H,27,31)(H2,28,29,32). The predicted octanol–water partition coefficient (Wildman–Crippen LogP) is 4.42. The minimum absolute atomic E-state index is 0.0464. The van der Waals surface area contributed by atoms with Crippen molar-refractivity contribution in [2.45, 2.75) is 32.1 Å². The Morgan fingerprint density at radius 3 is 2.34 bits per heavy atom. The molecule has 0 aliphatic heterocycles. The Kier molecular flexibility index (Phi) is 7.55. The molecule has 0 bridgehead atoms. The van der Waals surface area contributed by atoms with Crippen molar-refractivity contribution in [2.75, 3.05) is 25.1 Å². The van der Waals surface area contributed by atoms with E-state index in [0.29, 0.717) is 5.56 Å². The number of halogens is 4. The molecule has 2 aromatic rings. The van der Waals surface area contributed by atoms with E-state index in [1.54, 1.807) is 34.0 Å². The third kappa shape index (κ3) is 6.22. The number of thiocarbonyl (C=S) groups is 1. The molecule has 0 aliphatic rings. The van der Waals surface area contributed by atoms with Gasteiger partial charge in [0.25, 0.3) is 0 Å². The number of nitrogens with two attached hydrogens (primary N) is 1. The number of benzene rings is 2. The van der Waals surface area contributed by atoms with E-state index in [0.717, 1.165) is 12.1 Å². The summed E-state index contributed by atoms with van der Waals surface area (Å²) in [5.74, 6) is -0.602. The molecular weight excluding hydrogens is 446 g/mol. The van der Waals surface area contributed by atoms with Crippen molar-refractivity contribution >= 4 is 34.7 Å². The first-order valence-corrected chi connectivity index (χ1v) is 9.92. The molecule has 174 valence electrons. The van der Waals surface area contributed by atoms with Crippen LogP contribution < -0.4 is 21.7 Å². The van der Waals surface area contributed by atoms with Crippen molar-refractivity contribution in [3.05, 3.63) is 58.9 Å². The van der Waals surface area contributed by atoms with E-state index >= 15 is 0 Å². The van der Waals surface area contributed by atoms with Gasteiger partial charge in [-0.3, -0.25) is 0 Å². The van der Waals surface area contributed by atoms with Crippen LogP contribution in [0.2, 0.25) is 0 Å². The van der Waals surface area contributed by atoms with Crippen molar-refractivity contribution in [3.63, 3.8) is 0 Å². The largest absolute Gasteiger partial charge is 0.416 e. The predicted molar refractivity (Wildman–Crippen MR) is 121 cm³/mol. The molecule has 0 radical (unpaired) electrons. The van der Waals surface area contributed by atoms with Gasteiger partial charge < -0.3 is 26.6 Å². The highest BCUT2D eigenvalue weighted by Gasteiger charge is 2.32. The van der Waals surface area contributed by atoms with Gasteiger partial charge in [-0.15, -0.1) is 0 Å². The quantitative estimate of drug-likeness (QED) is 0.295. The zero-order chi connectivity index (χ0) is 24.3. The molecule has 0 fully saturated rings. The van der Waals surface area contributed by atoms with E-state index in [1.165, 1.54) is 23.1 Å².